The third kappa shape index (κ3) is 3.37. The lowest BCUT2D eigenvalue weighted by Gasteiger charge is -2.06. The second-order valence-electron chi connectivity index (χ2n) is 5.29. The first-order valence-electron chi connectivity index (χ1n) is 7.32. The molecule has 0 atom stereocenters. The maximum absolute atomic E-state index is 12.9. The molecule has 8 heteroatoms. The van der Waals surface area contributed by atoms with Gasteiger partial charge in [-0.25, -0.2) is 9.07 Å². The van der Waals surface area contributed by atoms with Crippen LogP contribution in [0, 0.1) is 22.9 Å². The normalized spacial score (nSPS) is 10.5. The van der Waals surface area contributed by atoms with Crippen molar-refractivity contribution in [2.24, 2.45) is 0 Å². The zero-order valence-corrected chi connectivity index (χ0v) is 13.1. The van der Waals surface area contributed by atoms with Gasteiger partial charge < -0.3 is 5.32 Å². The minimum Gasteiger partial charge on any atom is -0.322 e. The van der Waals surface area contributed by atoms with E-state index in [0.717, 1.165) is 0 Å². The molecule has 126 valence electrons. The Labute approximate surface area is 141 Å². The number of benzene rings is 2. The molecule has 2 aromatic carbocycles. The van der Waals surface area contributed by atoms with Crippen molar-refractivity contribution < 1.29 is 14.1 Å². The number of anilines is 1. The van der Waals surface area contributed by atoms with E-state index in [4.69, 9.17) is 0 Å². The predicted octanol–water partition coefficient (Wildman–Crippen LogP) is 3.48. The number of carbonyl (C=O) groups is 1. The van der Waals surface area contributed by atoms with Crippen LogP contribution >= 0.6 is 0 Å². The Hall–Kier alpha value is -3.55. The van der Waals surface area contributed by atoms with Crippen molar-refractivity contribution in [3.8, 4) is 5.69 Å². The number of aromatic nitrogens is 2. The molecule has 0 spiro atoms. The van der Waals surface area contributed by atoms with E-state index >= 15 is 0 Å². The van der Waals surface area contributed by atoms with Gasteiger partial charge >= 0.3 is 0 Å². The molecule has 0 fully saturated rings. The molecule has 0 saturated heterocycles. The summed E-state index contributed by atoms with van der Waals surface area (Å²) in [5.41, 5.74) is 1.97. The maximum atomic E-state index is 12.9. The lowest BCUT2D eigenvalue weighted by Crippen LogP contribution is -2.13. The number of halogens is 1. The van der Waals surface area contributed by atoms with Crippen LogP contribution in [-0.4, -0.2) is 20.6 Å². The van der Waals surface area contributed by atoms with Crippen LogP contribution in [0.2, 0.25) is 0 Å². The van der Waals surface area contributed by atoms with Crippen molar-refractivity contribution >= 4 is 17.3 Å². The van der Waals surface area contributed by atoms with Gasteiger partial charge in [-0.15, -0.1) is 0 Å². The van der Waals surface area contributed by atoms with E-state index in [0.29, 0.717) is 22.6 Å². The Morgan fingerprint density at radius 1 is 1.16 bits per heavy atom. The van der Waals surface area contributed by atoms with Gasteiger partial charge in [0.2, 0.25) is 0 Å². The first kappa shape index (κ1) is 16.3. The third-order valence-electron chi connectivity index (χ3n) is 3.66. The van der Waals surface area contributed by atoms with E-state index in [9.17, 15) is 19.3 Å². The molecule has 1 aromatic heterocycles. The Balaban J connectivity index is 1.83. The second kappa shape index (κ2) is 6.52. The number of carbonyl (C=O) groups excluding carboxylic acids is 1. The zero-order valence-electron chi connectivity index (χ0n) is 13.1. The molecule has 1 N–H and O–H groups in total. The maximum Gasteiger partial charge on any atom is 0.269 e. The second-order valence-corrected chi connectivity index (χ2v) is 5.29. The van der Waals surface area contributed by atoms with Gasteiger partial charge in [0, 0.05) is 17.8 Å². The first-order valence-corrected chi connectivity index (χ1v) is 7.32. The highest BCUT2D eigenvalue weighted by Gasteiger charge is 2.16. The molecule has 3 rings (SSSR count). The third-order valence-corrected chi connectivity index (χ3v) is 3.66. The molecule has 25 heavy (non-hydrogen) atoms. The Morgan fingerprint density at radius 2 is 1.80 bits per heavy atom. The first-order chi connectivity index (χ1) is 12.0. The fourth-order valence-electron chi connectivity index (χ4n) is 2.34. The highest BCUT2D eigenvalue weighted by Crippen LogP contribution is 2.19. The number of hydrogen-bond acceptors (Lipinski definition) is 4. The number of rotatable bonds is 4. The molecule has 7 nitrogen and oxygen atoms in total. The zero-order chi connectivity index (χ0) is 18.0. The summed E-state index contributed by atoms with van der Waals surface area (Å²) < 4.78 is 14.4. The highest BCUT2D eigenvalue weighted by molar-refractivity contribution is 6.04. The summed E-state index contributed by atoms with van der Waals surface area (Å²) in [6, 6.07) is 11.3. The van der Waals surface area contributed by atoms with E-state index in [2.05, 4.69) is 10.4 Å². The van der Waals surface area contributed by atoms with E-state index in [-0.39, 0.29) is 17.4 Å². The van der Waals surface area contributed by atoms with Crippen LogP contribution in [0.5, 0.6) is 0 Å². The Kier molecular flexibility index (Phi) is 4.25. The molecule has 0 bridgehead atoms. The van der Waals surface area contributed by atoms with Gasteiger partial charge in [-0.3, -0.25) is 14.9 Å². The van der Waals surface area contributed by atoms with Crippen LogP contribution < -0.4 is 5.32 Å². The van der Waals surface area contributed by atoms with Crippen molar-refractivity contribution in [3.63, 3.8) is 0 Å². The van der Waals surface area contributed by atoms with Gasteiger partial charge in [0.05, 0.1) is 28.1 Å². The number of amides is 1. The summed E-state index contributed by atoms with van der Waals surface area (Å²) >= 11 is 0. The quantitative estimate of drug-likeness (QED) is 0.581. The summed E-state index contributed by atoms with van der Waals surface area (Å²) in [5, 5.41) is 17.5. The number of non-ortho nitro benzene ring substituents is 1. The highest BCUT2D eigenvalue weighted by atomic mass is 19.1. The van der Waals surface area contributed by atoms with Crippen LogP contribution in [0.1, 0.15) is 16.1 Å². The summed E-state index contributed by atoms with van der Waals surface area (Å²) in [6.07, 6.45) is 1.41. The van der Waals surface area contributed by atoms with Gasteiger partial charge in [-0.05, 0) is 43.3 Å². The van der Waals surface area contributed by atoms with E-state index < -0.39 is 4.92 Å². The molecule has 1 heterocycles. The number of nitrogens with one attached hydrogen (secondary N) is 1. The molecular formula is C17H13FN4O3. The lowest BCUT2D eigenvalue weighted by atomic mass is 10.2. The van der Waals surface area contributed by atoms with Gasteiger partial charge in [0.25, 0.3) is 11.6 Å². The molecule has 0 aliphatic carbocycles. The predicted molar refractivity (Wildman–Crippen MR) is 89.3 cm³/mol. The van der Waals surface area contributed by atoms with Crippen molar-refractivity contribution in [3.05, 3.63) is 81.9 Å². The number of nitro benzene ring substituents is 1. The van der Waals surface area contributed by atoms with Crippen molar-refractivity contribution in [2.75, 3.05) is 5.32 Å². The Bertz CT molecular complexity index is 934. The van der Waals surface area contributed by atoms with Gasteiger partial charge in [0.1, 0.15) is 5.82 Å². The molecule has 1 amide bonds. The van der Waals surface area contributed by atoms with Gasteiger partial charge in [0.15, 0.2) is 0 Å². The Morgan fingerprint density at radius 3 is 2.40 bits per heavy atom. The SMILES string of the molecule is Cc1c(C(=O)Nc2ccc(F)cc2)cnn1-c1ccc([N+](=O)[O-])cc1. The summed E-state index contributed by atoms with van der Waals surface area (Å²) in [4.78, 5) is 22.6. The molecule has 0 saturated carbocycles. The van der Waals surface area contributed by atoms with Crippen molar-refractivity contribution in [2.45, 2.75) is 6.92 Å². The van der Waals surface area contributed by atoms with Crippen LogP contribution in [0.25, 0.3) is 5.69 Å². The minimum atomic E-state index is -0.485. The molecule has 0 unspecified atom stereocenters. The fourth-order valence-corrected chi connectivity index (χ4v) is 2.34. The summed E-state index contributed by atoms with van der Waals surface area (Å²) in [5.74, 6) is -0.766. The smallest absolute Gasteiger partial charge is 0.269 e. The summed E-state index contributed by atoms with van der Waals surface area (Å²) in [7, 11) is 0. The molecular weight excluding hydrogens is 327 g/mol. The van der Waals surface area contributed by atoms with E-state index in [1.807, 2.05) is 0 Å². The molecule has 0 radical (unpaired) electrons. The topological polar surface area (TPSA) is 90.1 Å². The average molecular weight is 340 g/mol. The van der Waals surface area contributed by atoms with Crippen LogP contribution in [0.3, 0.4) is 0 Å². The minimum absolute atomic E-state index is 0.0252. The van der Waals surface area contributed by atoms with Crippen molar-refractivity contribution in [1.29, 1.82) is 0 Å². The number of nitrogens with zero attached hydrogens (tertiary/aromatic N) is 3. The monoisotopic (exact) mass is 340 g/mol. The largest absolute Gasteiger partial charge is 0.322 e. The standard InChI is InChI=1S/C17H13FN4O3/c1-11-16(17(23)20-13-4-2-12(18)3-5-13)10-19-21(11)14-6-8-15(9-7-14)22(24)25/h2-10H,1H3,(H,20,23). The van der Waals surface area contributed by atoms with Crippen molar-refractivity contribution in [1.82, 2.24) is 9.78 Å². The molecule has 0 aliphatic heterocycles. The van der Waals surface area contributed by atoms with Crippen LogP contribution in [0.15, 0.2) is 54.7 Å². The lowest BCUT2D eigenvalue weighted by molar-refractivity contribution is -0.384. The van der Waals surface area contributed by atoms with Gasteiger partial charge in [-0.1, -0.05) is 0 Å². The molecule has 3 aromatic rings. The van der Waals surface area contributed by atoms with Gasteiger partial charge in [-0.2, -0.15) is 5.10 Å². The molecule has 0 aliphatic rings. The number of hydrogen-bond donors (Lipinski definition) is 1. The van der Waals surface area contributed by atoms with E-state index in [1.165, 1.54) is 47.3 Å². The summed E-state index contributed by atoms with van der Waals surface area (Å²) in [6.45, 7) is 1.72. The van der Waals surface area contributed by atoms with Crippen LogP contribution in [0.4, 0.5) is 15.8 Å². The van der Waals surface area contributed by atoms with Crippen LogP contribution in [-0.2, 0) is 0 Å². The fraction of sp³-hybridized carbons (Fsp3) is 0.0588. The van der Waals surface area contributed by atoms with E-state index in [1.54, 1.807) is 19.1 Å². The number of nitro groups is 1. The average Bonchev–Trinajstić information content (AvgIpc) is 2.98.